The van der Waals surface area contributed by atoms with Gasteiger partial charge in [0, 0.05) is 19.1 Å². The van der Waals surface area contributed by atoms with Crippen LogP contribution in [0, 0.1) is 11.3 Å². The first kappa shape index (κ1) is 16.7. The molecule has 0 bridgehead atoms. The van der Waals surface area contributed by atoms with E-state index in [1.165, 1.54) is 6.42 Å². The second-order valence-electron chi connectivity index (χ2n) is 6.15. The van der Waals surface area contributed by atoms with Crippen molar-refractivity contribution in [3.05, 3.63) is 12.7 Å². The number of hydrogen-bond donors (Lipinski definition) is 1. The van der Waals surface area contributed by atoms with Crippen molar-refractivity contribution < 1.29 is 14.6 Å². The highest BCUT2D eigenvalue weighted by molar-refractivity contribution is 5.04. The molecule has 1 N–H and O–H groups in total. The smallest absolute Gasteiger partial charge is 0.146 e. The van der Waals surface area contributed by atoms with E-state index in [0.717, 1.165) is 32.1 Å². The molecule has 0 unspecified atom stereocenters. The maximum Gasteiger partial charge on any atom is 0.146 e. The van der Waals surface area contributed by atoms with Crippen LogP contribution in [0.4, 0.5) is 0 Å². The quantitative estimate of drug-likeness (QED) is 0.417. The van der Waals surface area contributed by atoms with E-state index < -0.39 is 5.60 Å². The molecule has 1 aliphatic rings. The van der Waals surface area contributed by atoms with Crippen molar-refractivity contribution in [1.82, 2.24) is 0 Å². The topological polar surface area (TPSA) is 38.7 Å². The zero-order valence-corrected chi connectivity index (χ0v) is 12.8. The third kappa shape index (κ3) is 3.80. The van der Waals surface area contributed by atoms with Gasteiger partial charge in [0.15, 0.2) is 0 Å². The van der Waals surface area contributed by atoms with E-state index in [1.807, 2.05) is 6.08 Å². The van der Waals surface area contributed by atoms with E-state index in [2.05, 4.69) is 20.4 Å². The van der Waals surface area contributed by atoms with Crippen LogP contribution < -0.4 is 0 Å². The van der Waals surface area contributed by atoms with Crippen LogP contribution in [-0.4, -0.2) is 31.2 Å². The highest BCUT2D eigenvalue weighted by Gasteiger charge is 2.50. The number of aliphatic hydroxyl groups is 1. The van der Waals surface area contributed by atoms with Crippen LogP contribution >= 0.6 is 0 Å². The average molecular weight is 270 g/mol. The first-order valence-electron chi connectivity index (χ1n) is 7.40. The number of hydrogen-bond acceptors (Lipinski definition) is 3. The molecule has 1 fully saturated rings. The van der Waals surface area contributed by atoms with Crippen molar-refractivity contribution in [3.63, 3.8) is 0 Å². The summed E-state index contributed by atoms with van der Waals surface area (Å²) in [6.45, 7) is 9.32. The molecule has 0 spiro atoms. The number of rotatable bonds is 8. The number of methoxy groups -OCH3 is 1. The van der Waals surface area contributed by atoms with Crippen LogP contribution in [0.15, 0.2) is 12.7 Å². The predicted octanol–water partition coefficient (Wildman–Crippen LogP) is 3.52. The molecule has 0 aliphatic heterocycles. The van der Waals surface area contributed by atoms with Gasteiger partial charge in [0.05, 0.1) is 5.60 Å². The Morgan fingerprint density at radius 3 is 2.84 bits per heavy atom. The Labute approximate surface area is 118 Å². The van der Waals surface area contributed by atoms with E-state index in [1.54, 1.807) is 7.11 Å². The Balaban J connectivity index is 2.60. The minimum Gasteiger partial charge on any atom is -0.389 e. The van der Waals surface area contributed by atoms with Gasteiger partial charge in [-0.3, -0.25) is 0 Å². The van der Waals surface area contributed by atoms with Gasteiger partial charge in [-0.15, -0.1) is 6.58 Å². The predicted molar refractivity (Wildman–Crippen MR) is 77.9 cm³/mol. The molecule has 0 aromatic heterocycles. The molecular weight excluding hydrogens is 240 g/mol. The lowest BCUT2D eigenvalue weighted by Crippen LogP contribution is -2.52. The summed E-state index contributed by atoms with van der Waals surface area (Å²) < 4.78 is 10.2. The Morgan fingerprint density at radius 1 is 1.47 bits per heavy atom. The third-order valence-corrected chi connectivity index (χ3v) is 5.03. The van der Waals surface area contributed by atoms with Crippen LogP contribution in [0.3, 0.4) is 0 Å². The van der Waals surface area contributed by atoms with E-state index >= 15 is 0 Å². The van der Waals surface area contributed by atoms with Crippen molar-refractivity contribution >= 4 is 0 Å². The van der Waals surface area contributed by atoms with Gasteiger partial charge >= 0.3 is 0 Å². The fourth-order valence-electron chi connectivity index (χ4n) is 3.47. The van der Waals surface area contributed by atoms with Crippen molar-refractivity contribution in [1.29, 1.82) is 0 Å². The zero-order chi connectivity index (χ0) is 14.4. The summed E-state index contributed by atoms with van der Waals surface area (Å²) in [6, 6.07) is 0. The molecule has 3 nitrogen and oxygen atoms in total. The molecule has 3 heteroatoms. The summed E-state index contributed by atoms with van der Waals surface area (Å²) in [6.07, 6.45) is 7.71. The summed E-state index contributed by atoms with van der Waals surface area (Å²) in [5, 5.41) is 11.1. The molecular formula is C16H30O3. The molecule has 0 saturated heterocycles. The van der Waals surface area contributed by atoms with E-state index in [-0.39, 0.29) is 5.41 Å². The molecule has 0 aromatic rings. The van der Waals surface area contributed by atoms with E-state index in [9.17, 15) is 5.11 Å². The van der Waals surface area contributed by atoms with Crippen molar-refractivity contribution in [2.45, 2.75) is 58.0 Å². The largest absolute Gasteiger partial charge is 0.389 e. The first-order chi connectivity index (χ1) is 9.00. The monoisotopic (exact) mass is 270 g/mol. The Hall–Kier alpha value is -0.380. The van der Waals surface area contributed by atoms with Gasteiger partial charge in [0.25, 0.3) is 0 Å². The normalized spacial score (nSPS) is 35.3. The van der Waals surface area contributed by atoms with Crippen LogP contribution in [0.2, 0.25) is 0 Å². The van der Waals surface area contributed by atoms with Crippen molar-refractivity contribution in [3.8, 4) is 0 Å². The van der Waals surface area contributed by atoms with Crippen LogP contribution in [0.25, 0.3) is 0 Å². The van der Waals surface area contributed by atoms with Gasteiger partial charge in [0.1, 0.15) is 6.79 Å². The fraction of sp³-hybridized carbons (Fsp3) is 0.875. The highest BCUT2D eigenvalue weighted by Crippen LogP contribution is 2.52. The molecule has 112 valence electrons. The second-order valence-corrected chi connectivity index (χ2v) is 6.15. The van der Waals surface area contributed by atoms with Crippen LogP contribution in [-0.2, 0) is 9.47 Å². The SMILES string of the molecule is C=CC[C@]1(C)[C@@H](C)CCC[C@@]1(O)CCCOCOC. The van der Waals surface area contributed by atoms with Crippen LogP contribution in [0.5, 0.6) is 0 Å². The van der Waals surface area contributed by atoms with Gasteiger partial charge in [-0.05, 0) is 38.0 Å². The summed E-state index contributed by atoms with van der Waals surface area (Å²) >= 11 is 0. The van der Waals surface area contributed by atoms with Crippen LogP contribution in [0.1, 0.15) is 52.4 Å². The fourth-order valence-corrected chi connectivity index (χ4v) is 3.47. The third-order valence-electron chi connectivity index (χ3n) is 5.03. The van der Waals surface area contributed by atoms with Crippen molar-refractivity contribution in [2.75, 3.05) is 20.5 Å². The minimum absolute atomic E-state index is 0.0613. The first-order valence-corrected chi connectivity index (χ1v) is 7.40. The molecule has 0 heterocycles. The van der Waals surface area contributed by atoms with Crippen molar-refractivity contribution in [2.24, 2.45) is 11.3 Å². The van der Waals surface area contributed by atoms with Gasteiger partial charge in [0.2, 0.25) is 0 Å². The second kappa shape index (κ2) is 7.41. The Kier molecular flexibility index (Phi) is 6.51. The van der Waals surface area contributed by atoms with Gasteiger partial charge in [-0.25, -0.2) is 0 Å². The van der Waals surface area contributed by atoms with Gasteiger partial charge in [-0.2, -0.15) is 0 Å². The molecule has 0 amide bonds. The summed E-state index contributed by atoms with van der Waals surface area (Å²) in [5.41, 5.74) is -0.649. The minimum atomic E-state index is -0.588. The molecule has 0 radical (unpaired) electrons. The summed E-state index contributed by atoms with van der Waals surface area (Å²) in [5.74, 6) is 0.532. The average Bonchev–Trinajstić information content (AvgIpc) is 2.37. The summed E-state index contributed by atoms with van der Waals surface area (Å²) in [7, 11) is 1.62. The maximum absolute atomic E-state index is 11.1. The molecule has 1 saturated carbocycles. The Bertz CT molecular complexity index is 279. The van der Waals surface area contributed by atoms with E-state index in [0.29, 0.717) is 19.3 Å². The molecule has 3 atom stereocenters. The number of allylic oxidation sites excluding steroid dienone is 1. The standard InChI is InChI=1S/C16H30O3/c1-5-9-15(3)14(2)8-6-10-16(15,17)11-7-12-19-13-18-4/h5,14,17H,1,6-13H2,2-4H3/t14-,15+,16+/m0/s1. The zero-order valence-electron chi connectivity index (χ0n) is 12.8. The van der Waals surface area contributed by atoms with E-state index in [4.69, 9.17) is 9.47 Å². The highest BCUT2D eigenvalue weighted by atomic mass is 16.7. The molecule has 1 aliphatic carbocycles. The molecule has 1 rings (SSSR count). The van der Waals surface area contributed by atoms with Gasteiger partial charge < -0.3 is 14.6 Å². The maximum atomic E-state index is 11.1. The van der Waals surface area contributed by atoms with Gasteiger partial charge in [-0.1, -0.05) is 26.3 Å². The molecule has 19 heavy (non-hydrogen) atoms. The number of ether oxygens (including phenoxy) is 2. The Morgan fingerprint density at radius 2 is 2.21 bits per heavy atom. The summed E-state index contributed by atoms with van der Waals surface area (Å²) in [4.78, 5) is 0. The molecule has 0 aromatic carbocycles. The lowest BCUT2D eigenvalue weighted by molar-refractivity contribution is -0.140. The lowest BCUT2D eigenvalue weighted by atomic mass is 9.56. The lowest BCUT2D eigenvalue weighted by Gasteiger charge is -2.52.